The van der Waals surface area contributed by atoms with Crippen LogP contribution < -0.4 is 4.72 Å². The predicted octanol–water partition coefficient (Wildman–Crippen LogP) is 1.59. The Morgan fingerprint density at radius 2 is 2.00 bits per heavy atom. The summed E-state index contributed by atoms with van der Waals surface area (Å²) in [6, 6.07) is 3.92. The topological polar surface area (TPSA) is 92.7 Å². The number of hydrogen-bond donors (Lipinski definition) is 2. The Labute approximate surface area is 131 Å². The van der Waals surface area contributed by atoms with Gasteiger partial charge < -0.3 is 9.84 Å². The van der Waals surface area contributed by atoms with Gasteiger partial charge in [-0.3, -0.25) is 0 Å². The summed E-state index contributed by atoms with van der Waals surface area (Å²) in [5, 5.41) is 9.38. The average Bonchev–Trinajstić information content (AvgIpc) is 2.36. The van der Waals surface area contributed by atoms with E-state index in [1.54, 1.807) is 0 Å². The molecule has 0 amide bonds. The van der Waals surface area contributed by atoms with Crippen LogP contribution in [0.15, 0.2) is 18.2 Å². The molecular weight excluding hydrogens is 430 g/mol. The minimum atomic E-state index is -5.45. The summed E-state index contributed by atoms with van der Waals surface area (Å²) >= 11 is 1.83. The highest BCUT2D eigenvalue weighted by Crippen LogP contribution is 2.22. The van der Waals surface area contributed by atoms with Crippen molar-refractivity contribution in [3.63, 3.8) is 0 Å². The molecule has 11 heteroatoms. The molecule has 0 fully saturated rings. The third-order valence-electron chi connectivity index (χ3n) is 2.11. The number of sulfonamides is 1. The number of nitrogens with one attached hydrogen (secondary N) is 1. The Morgan fingerprint density at radius 1 is 1.38 bits per heavy atom. The number of alkyl halides is 3. The molecule has 1 rings (SSSR count). The van der Waals surface area contributed by atoms with Crippen molar-refractivity contribution in [1.82, 2.24) is 4.72 Å². The summed E-state index contributed by atoms with van der Waals surface area (Å²) in [5.74, 6) is -1.05. The lowest BCUT2D eigenvalue weighted by molar-refractivity contribution is -0.0448. The number of benzene rings is 1. The standard InChI is InChI=1S/C10H9F3INO5S/c11-10(12,13)21(18,19)15-3-4-20-9(17)6-1-2-7(14)8(16)5-6/h1-2,5,15-16H,3-4H2. The van der Waals surface area contributed by atoms with Gasteiger partial charge in [-0.25, -0.2) is 17.9 Å². The number of phenols is 1. The van der Waals surface area contributed by atoms with Gasteiger partial charge in [0.2, 0.25) is 0 Å². The molecule has 1 aromatic rings. The van der Waals surface area contributed by atoms with Gasteiger partial charge in [0.15, 0.2) is 0 Å². The Morgan fingerprint density at radius 3 is 2.52 bits per heavy atom. The summed E-state index contributed by atoms with van der Waals surface area (Å²) in [6.07, 6.45) is 0. The van der Waals surface area contributed by atoms with Crippen LogP contribution in [0.5, 0.6) is 5.75 Å². The maximum Gasteiger partial charge on any atom is 0.511 e. The number of rotatable bonds is 5. The number of hydrogen-bond acceptors (Lipinski definition) is 5. The summed E-state index contributed by atoms with van der Waals surface area (Å²) in [4.78, 5) is 11.5. The number of carbonyl (C=O) groups excluding carboxylic acids is 1. The van der Waals surface area contributed by atoms with Crippen molar-refractivity contribution in [2.24, 2.45) is 0 Å². The van der Waals surface area contributed by atoms with E-state index in [4.69, 9.17) is 0 Å². The van der Waals surface area contributed by atoms with Gasteiger partial charge in [0.25, 0.3) is 0 Å². The van der Waals surface area contributed by atoms with Gasteiger partial charge in [-0.15, -0.1) is 0 Å². The van der Waals surface area contributed by atoms with Crippen molar-refractivity contribution in [2.45, 2.75) is 5.51 Å². The molecule has 0 aromatic heterocycles. The fourth-order valence-corrected chi connectivity index (χ4v) is 1.98. The van der Waals surface area contributed by atoms with Crippen molar-refractivity contribution in [3.8, 4) is 5.75 Å². The van der Waals surface area contributed by atoms with Crippen LogP contribution in [0.2, 0.25) is 0 Å². The molecule has 0 radical (unpaired) electrons. The summed E-state index contributed by atoms with van der Waals surface area (Å²) < 4.78 is 63.5. The highest BCUT2D eigenvalue weighted by Gasteiger charge is 2.45. The molecule has 0 spiro atoms. The zero-order valence-corrected chi connectivity index (χ0v) is 13.1. The zero-order chi connectivity index (χ0) is 16.3. The number of ether oxygens (including phenoxy) is 1. The van der Waals surface area contributed by atoms with E-state index in [0.717, 1.165) is 6.07 Å². The highest BCUT2D eigenvalue weighted by atomic mass is 127. The SMILES string of the molecule is O=C(OCCNS(=O)(=O)C(F)(F)F)c1ccc(I)c(O)c1. The number of aromatic hydroxyl groups is 1. The molecule has 0 saturated heterocycles. The van der Waals surface area contributed by atoms with E-state index in [2.05, 4.69) is 4.74 Å². The molecule has 1 aromatic carbocycles. The van der Waals surface area contributed by atoms with E-state index in [1.165, 1.54) is 16.9 Å². The molecule has 0 atom stereocenters. The highest BCUT2D eigenvalue weighted by molar-refractivity contribution is 14.1. The van der Waals surface area contributed by atoms with Crippen LogP contribution in [0, 0.1) is 3.57 Å². The van der Waals surface area contributed by atoms with Crippen LogP contribution in [-0.2, 0) is 14.8 Å². The van der Waals surface area contributed by atoms with Gasteiger partial charge >= 0.3 is 21.5 Å². The van der Waals surface area contributed by atoms with Crippen LogP contribution >= 0.6 is 22.6 Å². The minimum Gasteiger partial charge on any atom is -0.507 e. The molecule has 0 aliphatic carbocycles. The number of carbonyl (C=O) groups is 1. The van der Waals surface area contributed by atoms with Crippen LogP contribution in [-0.4, -0.2) is 38.2 Å². The van der Waals surface area contributed by atoms with E-state index < -0.39 is 34.7 Å². The second kappa shape index (κ2) is 6.79. The fourth-order valence-electron chi connectivity index (χ4n) is 1.12. The summed E-state index contributed by atoms with van der Waals surface area (Å²) in [6.45, 7) is -1.30. The second-order valence-corrected chi connectivity index (χ2v) is 6.57. The molecule has 0 heterocycles. The van der Waals surface area contributed by atoms with Crippen molar-refractivity contribution in [2.75, 3.05) is 13.2 Å². The van der Waals surface area contributed by atoms with Crippen LogP contribution in [0.4, 0.5) is 13.2 Å². The first kappa shape index (κ1) is 18.0. The van der Waals surface area contributed by atoms with Crippen molar-refractivity contribution >= 4 is 38.6 Å². The molecule has 2 N–H and O–H groups in total. The van der Waals surface area contributed by atoms with Gasteiger partial charge in [-0.2, -0.15) is 13.2 Å². The Hall–Kier alpha value is -1.08. The first-order chi connectivity index (χ1) is 9.54. The molecule has 0 aliphatic heterocycles. The smallest absolute Gasteiger partial charge is 0.507 e. The van der Waals surface area contributed by atoms with Crippen molar-refractivity contribution in [3.05, 3.63) is 27.3 Å². The number of esters is 1. The Balaban J connectivity index is 2.50. The van der Waals surface area contributed by atoms with E-state index in [1.807, 2.05) is 22.6 Å². The lowest BCUT2D eigenvalue weighted by atomic mass is 10.2. The zero-order valence-electron chi connectivity index (χ0n) is 10.1. The van der Waals surface area contributed by atoms with E-state index in [0.29, 0.717) is 3.57 Å². The molecule has 21 heavy (non-hydrogen) atoms. The Bertz CT molecular complexity index is 632. The molecule has 0 aliphatic rings. The van der Waals surface area contributed by atoms with E-state index in [-0.39, 0.29) is 11.3 Å². The third kappa shape index (κ3) is 5.00. The maximum absolute atomic E-state index is 12.0. The third-order valence-corrected chi connectivity index (χ3v) is 4.22. The first-order valence-electron chi connectivity index (χ1n) is 5.26. The Kier molecular flexibility index (Phi) is 5.81. The quantitative estimate of drug-likeness (QED) is 0.413. The van der Waals surface area contributed by atoms with Gasteiger partial charge in [-0.1, -0.05) is 0 Å². The molecule has 6 nitrogen and oxygen atoms in total. The lowest BCUT2D eigenvalue weighted by Gasteiger charge is -2.10. The van der Waals surface area contributed by atoms with E-state index in [9.17, 15) is 31.5 Å². The molecule has 118 valence electrons. The predicted molar refractivity (Wildman–Crippen MR) is 74.1 cm³/mol. The lowest BCUT2D eigenvalue weighted by Crippen LogP contribution is -2.38. The monoisotopic (exact) mass is 439 g/mol. The van der Waals surface area contributed by atoms with Crippen LogP contribution in [0.25, 0.3) is 0 Å². The van der Waals surface area contributed by atoms with E-state index >= 15 is 0 Å². The number of phenolic OH excluding ortho intramolecular Hbond substituents is 1. The molecule has 0 bridgehead atoms. The number of halogens is 4. The summed E-state index contributed by atoms with van der Waals surface area (Å²) in [5.41, 5.74) is -5.43. The average molecular weight is 439 g/mol. The second-order valence-electron chi connectivity index (χ2n) is 3.65. The normalized spacial score (nSPS) is 12.2. The molecule has 0 unspecified atom stereocenters. The molecule has 0 saturated carbocycles. The minimum absolute atomic E-state index is 0.00778. The van der Waals surface area contributed by atoms with Crippen LogP contribution in [0.1, 0.15) is 10.4 Å². The summed E-state index contributed by atoms with van der Waals surface area (Å²) in [7, 11) is -5.45. The largest absolute Gasteiger partial charge is 0.511 e. The fraction of sp³-hybridized carbons (Fsp3) is 0.300. The van der Waals surface area contributed by atoms with Gasteiger partial charge in [0, 0.05) is 6.54 Å². The van der Waals surface area contributed by atoms with Gasteiger partial charge in [0.05, 0.1) is 9.13 Å². The van der Waals surface area contributed by atoms with Crippen LogP contribution in [0.3, 0.4) is 0 Å². The maximum atomic E-state index is 12.0. The van der Waals surface area contributed by atoms with Crippen molar-refractivity contribution < 1.29 is 36.2 Å². The van der Waals surface area contributed by atoms with Gasteiger partial charge in [0.1, 0.15) is 12.4 Å². The van der Waals surface area contributed by atoms with Crippen molar-refractivity contribution in [1.29, 1.82) is 0 Å². The molecular formula is C10H9F3INO5S. The van der Waals surface area contributed by atoms with Gasteiger partial charge in [-0.05, 0) is 40.8 Å². The first-order valence-corrected chi connectivity index (χ1v) is 7.82.